The second kappa shape index (κ2) is 11.2. The quantitative estimate of drug-likeness (QED) is 0.788. The maximum Gasteiger partial charge on any atom is 0.225 e. The number of halogens is 2. The van der Waals surface area contributed by atoms with Crippen LogP contribution in [-0.2, 0) is 11.3 Å². The zero-order valence-electron chi connectivity index (χ0n) is 16.0. The Morgan fingerprint density at radius 3 is 2.37 bits per heavy atom. The van der Waals surface area contributed by atoms with E-state index < -0.39 is 6.10 Å². The van der Waals surface area contributed by atoms with Gasteiger partial charge in [0, 0.05) is 37.6 Å². The van der Waals surface area contributed by atoms with E-state index in [1.165, 1.54) is 5.56 Å². The van der Waals surface area contributed by atoms with Gasteiger partial charge in [-0.1, -0.05) is 30.3 Å². The van der Waals surface area contributed by atoms with Gasteiger partial charge >= 0.3 is 0 Å². The molecule has 1 aromatic carbocycles. The molecule has 0 radical (unpaired) electrons. The molecule has 3 atom stereocenters. The number of amides is 1. The third-order valence-corrected chi connectivity index (χ3v) is 5.89. The van der Waals surface area contributed by atoms with Crippen molar-refractivity contribution in [2.45, 2.75) is 56.8 Å². The number of likely N-dealkylation sites (tertiary alicyclic amines) is 1. The van der Waals surface area contributed by atoms with Crippen LogP contribution in [0.3, 0.4) is 0 Å². The fourth-order valence-corrected chi connectivity index (χ4v) is 4.18. The van der Waals surface area contributed by atoms with Crippen LogP contribution in [0.5, 0.6) is 0 Å². The summed E-state index contributed by atoms with van der Waals surface area (Å²) in [5, 5.41) is 9.95. The van der Waals surface area contributed by atoms with E-state index in [-0.39, 0.29) is 42.7 Å². The smallest absolute Gasteiger partial charge is 0.225 e. The maximum absolute atomic E-state index is 12.7. The first-order valence-corrected chi connectivity index (χ1v) is 9.51. The maximum atomic E-state index is 12.7. The summed E-state index contributed by atoms with van der Waals surface area (Å²) in [5.41, 5.74) is 7.18. The Morgan fingerprint density at radius 2 is 1.78 bits per heavy atom. The van der Waals surface area contributed by atoms with E-state index in [1.54, 1.807) is 0 Å². The molecule has 1 aliphatic heterocycles. The molecule has 1 saturated heterocycles. The molecule has 1 aromatic rings. The van der Waals surface area contributed by atoms with Crippen LogP contribution in [0.2, 0.25) is 0 Å². The topological polar surface area (TPSA) is 69.8 Å². The number of hydrogen-bond donors (Lipinski definition) is 2. The van der Waals surface area contributed by atoms with E-state index in [1.807, 2.05) is 11.0 Å². The van der Waals surface area contributed by atoms with Crippen molar-refractivity contribution < 1.29 is 9.90 Å². The number of carbonyl (C=O) groups excluding carboxylic acids is 1. The van der Waals surface area contributed by atoms with Crippen LogP contribution in [0.1, 0.15) is 37.7 Å². The number of nitrogens with zero attached hydrogens (tertiary/aromatic N) is 2. The minimum absolute atomic E-state index is 0. The van der Waals surface area contributed by atoms with Gasteiger partial charge in [-0.3, -0.25) is 9.69 Å². The molecule has 1 aliphatic carbocycles. The number of hydrogen-bond acceptors (Lipinski definition) is 4. The van der Waals surface area contributed by atoms with Gasteiger partial charge in [-0.05, 0) is 44.7 Å². The standard InChI is InChI=1S/C20H31N3O2.2ClH/c1-22(14-15-5-3-2-4-6-15)17-9-11-23(12-10-17)20(25)16-7-8-18(21)19(24)13-16;;/h2-6,16-19,24H,7-14,21H2,1H3;2*1H/t16-,18-,19-;;/m0../s1. The monoisotopic (exact) mass is 417 g/mol. The molecule has 0 spiro atoms. The van der Waals surface area contributed by atoms with Crippen molar-refractivity contribution >= 4 is 30.7 Å². The van der Waals surface area contributed by atoms with Crippen LogP contribution in [0.4, 0.5) is 0 Å². The molecule has 1 amide bonds. The first-order chi connectivity index (χ1) is 12.0. The van der Waals surface area contributed by atoms with Gasteiger partial charge in [0.1, 0.15) is 0 Å². The van der Waals surface area contributed by atoms with Gasteiger partial charge in [0.05, 0.1) is 6.10 Å². The highest BCUT2D eigenvalue weighted by Gasteiger charge is 2.34. The Balaban J connectivity index is 0.00000182. The molecular weight excluding hydrogens is 385 g/mol. The summed E-state index contributed by atoms with van der Waals surface area (Å²) in [5.74, 6) is 0.170. The van der Waals surface area contributed by atoms with Crippen LogP contribution < -0.4 is 5.73 Å². The first kappa shape index (κ1) is 24.2. The highest BCUT2D eigenvalue weighted by atomic mass is 35.5. The summed E-state index contributed by atoms with van der Waals surface area (Å²) in [7, 11) is 2.17. The van der Waals surface area contributed by atoms with Gasteiger partial charge in [-0.15, -0.1) is 24.8 Å². The second-order valence-corrected chi connectivity index (χ2v) is 7.70. The van der Waals surface area contributed by atoms with Crippen LogP contribution in [0.25, 0.3) is 0 Å². The van der Waals surface area contributed by atoms with Crippen LogP contribution in [0, 0.1) is 5.92 Å². The number of aliphatic hydroxyl groups is 1. The summed E-state index contributed by atoms with van der Waals surface area (Å²) in [4.78, 5) is 17.1. The van der Waals surface area contributed by atoms with Crippen LogP contribution in [-0.4, -0.2) is 59.1 Å². The van der Waals surface area contributed by atoms with E-state index in [9.17, 15) is 9.90 Å². The second-order valence-electron chi connectivity index (χ2n) is 7.70. The lowest BCUT2D eigenvalue weighted by atomic mass is 9.83. The van der Waals surface area contributed by atoms with Crippen LogP contribution in [0.15, 0.2) is 30.3 Å². The molecule has 5 nitrogen and oxygen atoms in total. The van der Waals surface area contributed by atoms with E-state index in [0.29, 0.717) is 12.5 Å². The van der Waals surface area contributed by atoms with Crippen molar-refractivity contribution in [3.63, 3.8) is 0 Å². The van der Waals surface area contributed by atoms with E-state index >= 15 is 0 Å². The fraction of sp³-hybridized carbons (Fsp3) is 0.650. The minimum atomic E-state index is -0.530. The normalized spacial score (nSPS) is 26.2. The van der Waals surface area contributed by atoms with Crippen molar-refractivity contribution in [3.05, 3.63) is 35.9 Å². The molecule has 154 valence electrons. The zero-order chi connectivity index (χ0) is 17.8. The van der Waals surface area contributed by atoms with Gasteiger partial charge in [-0.25, -0.2) is 0 Å². The predicted octanol–water partition coefficient (Wildman–Crippen LogP) is 2.44. The number of benzene rings is 1. The molecule has 2 fully saturated rings. The molecule has 7 heteroatoms. The lowest BCUT2D eigenvalue weighted by molar-refractivity contribution is -0.139. The Morgan fingerprint density at radius 1 is 1.15 bits per heavy atom. The Hall–Kier alpha value is -0.850. The minimum Gasteiger partial charge on any atom is -0.391 e. The summed E-state index contributed by atoms with van der Waals surface area (Å²) in [6.45, 7) is 2.59. The molecule has 27 heavy (non-hydrogen) atoms. The van der Waals surface area contributed by atoms with Crippen molar-refractivity contribution in [1.82, 2.24) is 9.80 Å². The number of aliphatic hydroxyl groups excluding tert-OH is 1. The third kappa shape index (κ3) is 6.33. The van der Waals surface area contributed by atoms with E-state index in [0.717, 1.165) is 45.3 Å². The average molecular weight is 418 g/mol. The highest BCUT2D eigenvalue weighted by molar-refractivity contribution is 5.85. The van der Waals surface area contributed by atoms with Gasteiger partial charge in [-0.2, -0.15) is 0 Å². The van der Waals surface area contributed by atoms with Gasteiger partial charge in [0.2, 0.25) is 5.91 Å². The SMILES string of the molecule is CN(Cc1ccccc1)C1CCN(C(=O)[C@H]2CC[C@H](N)[C@@H](O)C2)CC1.Cl.Cl. The molecule has 0 bridgehead atoms. The molecule has 0 unspecified atom stereocenters. The molecule has 2 aliphatic rings. The molecule has 1 heterocycles. The Kier molecular flexibility index (Phi) is 10.1. The average Bonchev–Trinajstić information content (AvgIpc) is 2.64. The van der Waals surface area contributed by atoms with Crippen molar-refractivity contribution in [2.75, 3.05) is 20.1 Å². The van der Waals surface area contributed by atoms with Gasteiger partial charge in [0.15, 0.2) is 0 Å². The summed E-state index contributed by atoms with van der Waals surface area (Å²) in [6, 6.07) is 10.9. The van der Waals surface area contributed by atoms with E-state index in [2.05, 4.69) is 36.2 Å². The third-order valence-electron chi connectivity index (χ3n) is 5.89. The fourth-order valence-electron chi connectivity index (χ4n) is 4.18. The Bertz CT molecular complexity index is 568. The summed E-state index contributed by atoms with van der Waals surface area (Å²) >= 11 is 0. The number of rotatable bonds is 4. The molecule has 0 aromatic heterocycles. The van der Waals surface area contributed by atoms with Gasteiger partial charge in [0.25, 0.3) is 0 Å². The molecule has 3 N–H and O–H groups in total. The van der Waals surface area contributed by atoms with Crippen molar-refractivity contribution in [1.29, 1.82) is 0 Å². The molecular formula is C20H33Cl2N3O2. The number of carbonyl (C=O) groups is 1. The Labute approximate surface area is 175 Å². The molecule has 3 rings (SSSR count). The predicted molar refractivity (Wildman–Crippen MR) is 113 cm³/mol. The number of nitrogens with two attached hydrogens (primary N) is 1. The van der Waals surface area contributed by atoms with Crippen LogP contribution >= 0.6 is 24.8 Å². The largest absolute Gasteiger partial charge is 0.391 e. The van der Waals surface area contributed by atoms with Crippen molar-refractivity contribution in [2.24, 2.45) is 11.7 Å². The lowest BCUT2D eigenvalue weighted by Crippen LogP contribution is -2.49. The zero-order valence-corrected chi connectivity index (χ0v) is 17.6. The first-order valence-electron chi connectivity index (χ1n) is 9.51. The van der Waals surface area contributed by atoms with E-state index in [4.69, 9.17) is 5.73 Å². The molecule has 1 saturated carbocycles. The van der Waals surface area contributed by atoms with Crippen molar-refractivity contribution in [3.8, 4) is 0 Å². The summed E-state index contributed by atoms with van der Waals surface area (Å²) in [6.07, 6.45) is 3.58. The van der Waals surface area contributed by atoms with Gasteiger partial charge < -0.3 is 15.7 Å². The summed E-state index contributed by atoms with van der Waals surface area (Å²) < 4.78 is 0. The number of piperidine rings is 1. The highest BCUT2D eigenvalue weighted by Crippen LogP contribution is 2.27. The lowest BCUT2D eigenvalue weighted by Gasteiger charge is -2.39.